The molecule has 1 aromatic heterocycles. The molecule has 114 valence electrons. The van der Waals surface area contributed by atoms with Gasteiger partial charge in [0.25, 0.3) is 0 Å². The van der Waals surface area contributed by atoms with E-state index in [-0.39, 0.29) is 12.1 Å². The van der Waals surface area contributed by atoms with E-state index in [1.165, 1.54) is 5.56 Å². The molecule has 1 heterocycles. The molecule has 0 saturated carbocycles. The summed E-state index contributed by atoms with van der Waals surface area (Å²) in [6, 6.07) is 8.89. The average Bonchev–Trinajstić information content (AvgIpc) is 3.00. The first-order valence-electron chi connectivity index (χ1n) is 7.44. The lowest BCUT2D eigenvalue weighted by atomic mass is 10.1. The Morgan fingerprint density at radius 1 is 1.10 bits per heavy atom. The molecule has 0 radical (unpaired) electrons. The van der Waals surface area contributed by atoms with Crippen molar-refractivity contribution in [2.45, 2.75) is 39.8 Å². The summed E-state index contributed by atoms with van der Waals surface area (Å²) in [7, 11) is 0. The van der Waals surface area contributed by atoms with Gasteiger partial charge in [0, 0.05) is 17.6 Å². The van der Waals surface area contributed by atoms with Crippen LogP contribution in [0.5, 0.6) is 5.75 Å². The number of nitrogens with zero attached hydrogens (tertiary/aromatic N) is 1. The zero-order valence-electron chi connectivity index (χ0n) is 13.2. The highest BCUT2D eigenvalue weighted by Crippen LogP contribution is 2.22. The maximum atomic E-state index is 5.71. The third kappa shape index (κ3) is 4.83. The van der Waals surface area contributed by atoms with Crippen molar-refractivity contribution >= 4 is 11.3 Å². The van der Waals surface area contributed by atoms with Crippen molar-refractivity contribution in [3.05, 3.63) is 46.4 Å². The highest BCUT2D eigenvalue weighted by molar-refractivity contribution is 7.09. The molecule has 1 N–H and O–H groups in total. The number of hydrogen-bond acceptors (Lipinski definition) is 4. The lowest BCUT2D eigenvalue weighted by molar-refractivity contribution is 0.271. The van der Waals surface area contributed by atoms with E-state index in [9.17, 15) is 0 Å². The summed E-state index contributed by atoms with van der Waals surface area (Å²) in [5.41, 5.74) is 1.26. The molecule has 0 bridgehead atoms. The lowest BCUT2D eigenvalue weighted by Crippen LogP contribution is -2.22. The smallest absolute Gasteiger partial charge is 0.119 e. The molecule has 0 aliphatic rings. The predicted octanol–water partition coefficient (Wildman–Crippen LogP) is 4.59. The van der Waals surface area contributed by atoms with E-state index in [1.807, 2.05) is 23.7 Å². The molecule has 4 heteroatoms. The second kappa shape index (κ2) is 7.57. The van der Waals surface area contributed by atoms with Crippen LogP contribution >= 0.6 is 11.3 Å². The molecule has 3 nitrogen and oxygen atoms in total. The maximum absolute atomic E-state index is 5.71. The fourth-order valence-electron chi connectivity index (χ4n) is 2.11. The predicted molar refractivity (Wildman–Crippen MR) is 88.9 cm³/mol. The first-order chi connectivity index (χ1) is 10.1. The molecule has 0 aliphatic heterocycles. The summed E-state index contributed by atoms with van der Waals surface area (Å²) in [5.74, 6) is 1.48. The van der Waals surface area contributed by atoms with Crippen LogP contribution in [0.2, 0.25) is 0 Å². The minimum absolute atomic E-state index is 0.261. The molecule has 0 aliphatic carbocycles. The Morgan fingerprint density at radius 2 is 1.81 bits per heavy atom. The van der Waals surface area contributed by atoms with Gasteiger partial charge in [-0.25, -0.2) is 4.98 Å². The number of rotatable bonds is 7. The summed E-state index contributed by atoms with van der Waals surface area (Å²) < 4.78 is 5.71. The third-order valence-corrected chi connectivity index (χ3v) is 4.24. The molecular formula is C17H24N2OS. The molecular weight excluding hydrogens is 280 g/mol. The highest BCUT2D eigenvalue weighted by atomic mass is 32.1. The summed E-state index contributed by atoms with van der Waals surface area (Å²) in [5, 5.41) is 6.71. The molecule has 2 aromatic rings. The molecule has 0 saturated heterocycles. The van der Waals surface area contributed by atoms with Crippen molar-refractivity contribution in [2.24, 2.45) is 5.92 Å². The topological polar surface area (TPSA) is 34.1 Å². The summed E-state index contributed by atoms with van der Waals surface area (Å²) >= 11 is 1.69. The molecule has 2 rings (SSSR count). The van der Waals surface area contributed by atoms with Crippen LogP contribution in [0.25, 0.3) is 0 Å². The van der Waals surface area contributed by atoms with Crippen LogP contribution in [0, 0.1) is 5.92 Å². The molecule has 2 atom stereocenters. The second-order valence-electron chi connectivity index (χ2n) is 5.75. The molecule has 0 fully saturated rings. The van der Waals surface area contributed by atoms with Crippen LogP contribution < -0.4 is 10.1 Å². The van der Waals surface area contributed by atoms with Crippen molar-refractivity contribution < 1.29 is 4.74 Å². The minimum atomic E-state index is 0.261. The van der Waals surface area contributed by atoms with Gasteiger partial charge in [0.2, 0.25) is 0 Å². The molecule has 0 spiro atoms. The van der Waals surface area contributed by atoms with Crippen LogP contribution in [0.15, 0.2) is 35.8 Å². The van der Waals surface area contributed by atoms with Gasteiger partial charge in [-0.1, -0.05) is 26.0 Å². The highest BCUT2D eigenvalue weighted by Gasteiger charge is 2.13. The Kier molecular flexibility index (Phi) is 5.76. The van der Waals surface area contributed by atoms with Gasteiger partial charge >= 0.3 is 0 Å². The van der Waals surface area contributed by atoms with Gasteiger partial charge < -0.3 is 10.1 Å². The second-order valence-corrected chi connectivity index (χ2v) is 6.68. The van der Waals surface area contributed by atoms with E-state index in [2.05, 4.69) is 50.1 Å². The van der Waals surface area contributed by atoms with Crippen LogP contribution in [-0.4, -0.2) is 11.6 Å². The largest absolute Gasteiger partial charge is 0.493 e. The Bertz CT molecular complexity index is 522. The molecule has 1 aromatic carbocycles. The lowest BCUT2D eigenvalue weighted by Gasteiger charge is -2.19. The van der Waals surface area contributed by atoms with Crippen LogP contribution in [0.4, 0.5) is 0 Å². The van der Waals surface area contributed by atoms with E-state index < -0.39 is 0 Å². The number of benzene rings is 1. The van der Waals surface area contributed by atoms with Gasteiger partial charge in [-0.15, -0.1) is 11.3 Å². The average molecular weight is 304 g/mol. The monoisotopic (exact) mass is 304 g/mol. The summed E-state index contributed by atoms with van der Waals surface area (Å²) in [4.78, 5) is 4.35. The van der Waals surface area contributed by atoms with Crippen molar-refractivity contribution in [3.8, 4) is 5.75 Å². The van der Waals surface area contributed by atoms with E-state index in [0.717, 1.165) is 17.4 Å². The fourth-order valence-corrected chi connectivity index (χ4v) is 2.76. The Balaban J connectivity index is 1.91. The van der Waals surface area contributed by atoms with E-state index >= 15 is 0 Å². The van der Waals surface area contributed by atoms with Crippen molar-refractivity contribution in [1.82, 2.24) is 10.3 Å². The molecule has 21 heavy (non-hydrogen) atoms. The first kappa shape index (κ1) is 16.0. The van der Waals surface area contributed by atoms with Gasteiger partial charge in [0.15, 0.2) is 0 Å². The van der Waals surface area contributed by atoms with E-state index in [4.69, 9.17) is 4.74 Å². The Morgan fingerprint density at radius 3 is 2.38 bits per heavy atom. The zero-order valence-corrected chi connectivity index (χ0v) is 14.0. The maximum Gasteiger partial charge on any atom is 0.119 e. The van der Waals surface area contributed by atoms with Gasteiger partial charge in [-0.3, -0.25) is 0 Å². The molecule has 0 amide bonds. The zero-order chi connectivity index (χ0) is 15.2. The SMILES string of the molecule is CC(C)COc1ccc(C(C)NC(C)c2nccs2)cc1. The number of ether oxygens (including phenoxy) is 1. The number of nitrogens with one attached hydrogen (secondary N) is 1. The standard InChI is InChI=1S/C17H24N2OS/c1-12(2)11-20-16-7-5-15(6-8-16)13(3)19-14(4)17-18-9-10-21-17/h5-10,12-14,19H,11H2,1-4H3. The quantitative estimate of drug-likeness (QED) is 0.812. The van der Waals surface area contributed by atoms with Crippen molar-refractivity contribution in [3.63, 3.8) is 0 Å². The normalized spacial score (nSPS) is 14.1. The summed E-state index contributed by atoms with van der Waals surface area (Å²) in [6.45, 7) is 9.39. The number of aromatic nitrogens is 1. The van der Waals surface area contributed by atoms with E-state index in [0.29, 0.717) is 5.92 Å². The Hall–Kier alpha value is -1.39. The van der Waals surface area contributed by atoms with Crippen LogP contribution in [0.3, 0.4) is 0 Å². The molecule has 2 unspecified atom stereocenters. The Labute approximate surface area is 131 Å². The van der Waals surface area contributed by atoms with Crippen molar-refractivity contribution in [2.75, 3.05) is 6.61 Å². The van der Waals surface area contributed by atoms with Crippen LogP contribution in [-0.2, 0) is 0 Å². The number of thiazole rings is 1. The third-order valence-electron chi connectivity index (χ3n) is 3.29. The first-order valence-corrected chi connectivity index (χ1v) is 8.32. The van der Waals surface area contributed by atoms with Gasteiger partial charge in [-0.2, -0.15) is 0 Å². The van der Waals surface area contributed by atoms with Gasteiger partial charge in [-0.05, 0) is 37.5 Å². The minimum Gasteiger partial charge on any atom is -0.493 e. The van der Waals surface area contributed by atoms with Crippen LogP contribution in [0.1, 0.15) is 50.3 Å². The van der Waals surface area contributed by atoms with Crippen molar-refractivity contribution in [1.29, 1.82) is 0 Å². The van der Waals surface area contributed by atoms with E-state index in [1.54, 1.807) is 11.3 Å². The van der Waals surface area contributed by atoms with Gasteiger partial charge in [0.1, 0.15) is 10.8 Å². The number of hydrogen-bond donors (Lipinski definition) is 1. The fraction of sp³-hybridized carbons (Fsp3) is 0.471. The van der Waals surface area contributed by atoms with Gasteiger partial charge in [0.05, 0.1) is 12.6 Å². The summed E-state index contributed by atoms with van der Waals surface area (Å²) in [6.07, 6.45) is 1.85.